The molecule has 2 saturated heterocycles. The largest absolute Gasteiger partial charge is 0.466 e. The lowest BCUT2D eigenvalue weighted by Crippen LogP contribution is -2.60. The quantitative estimate of drug-likeness (QED) is 0.196. The Morgan fingerprint density at radius 3 is 2.51 bits per heavy atom. The smallest absolute Gasteiger partial charge is 0.306 e. The van der Waals surface area contributed by atoms with E-state index in [1.54, 1.807) is 6.92 Å². The van der Waals surface area contributed by atoms with Crippen molar-refractivity contribution in [3.8, 4) is 0 Å². The van der Waals surface area contributed by atoms with Gasteiger partial charge in [0.2, 0.25) is 0 Å². The van der Waals surface area contributed by atoms with E-state index in [-0.39, 0.29) is 41.2 Å². The summed E-state index contributed by atoms with van der Waals surface area (Å²) < 4.78 is 31.0. The van der Waals surface area contributed by atoms with E-state index < -0.39 is 19.7 Å². The third-order valence-electron chi connectivity index (χ3n) is 10.6. The molecule has 0 radical (unpaired) electrons. The average Bonchev–Trinajstić information content (AvgIpc) is 3.15. The third-order valence-corrected chi connectivity index (χ3v) is 11.5. The van der Waals surface area contributed by atoms with E-state index in [0.29, 0.717) is 31.7 Å². The van der Waals surface area contributed by atoms with Crippen LogP contribution in [0.5, 0.6) is 0 Å². The number of esters is 1. The molecule has 8 heteroatoms. The highest BCUT2D eigenvalue weighted by molar-refractivity contribution is 6.70. The summed E-state index contributed by atoms with van der Waals surface area (Å²) in [5.41, 5.74) is 0.0427. The first-order valence-electron chi connectivity index (χ1n) is 14.5. The number of allylic oxidation sites excluding steroid dienone is 1. The number of ketones is 1. The van der Waals surface area contributed by atoms with Gasteiger partial charge in [-0.3, -0.25) is 9.59 Å². The fraction of sp³-hybridized carbons (Fsp3) is 0.862. The second-order valence-electron chi connectivity index (χ2n) is 13.5. The number of carbonyl (C=O) groups is 2. The van der Waals surface area contributed by atoms with Gasteiger partial charge in [0, 0.05) is 24.7 Å². The van der Waals surface area contributed by atoms with Crippen molar-refractivity contribution >= 4 is 20.1 Å². The Morgan fingerprint density at radius 1 is 1.05 bits per heavy atom. The van der Waals surface area contributed by atoms with Crippen molar-refractivity contribution in [1.82, 2.24) is 0 Å². The van der Waals surface area contributed by atoms with Gasteiger partial charge in [0.15, 0.2) is 19.9 Å². The van der Waals surface area contributed by atoms with Crippen LogP contribution in [-0.2, 0) is 33.0 Å². The van der Waals surface area contributed by atoms with Crippen LogP contribution in [0, 0.1) is 17.3 Å². The highest BCUT2D eigenvalue weighted by atomic mass is 28.4. The molecule has 2 aliphatic heterocycles. The first kappa shape index (κ1) is 26.2. The van der Waals surface area contributed by atoms with Gasteiger partial charge in [-0.25, -0.2) is 0 Å². The molecule has 37 heavy (non-hydrogen) atoms. The van der Waals surface area contributed by atoms with Gasteiger partial charge in [-0.15, -0.1) is 0 Å². The van der Waals surface area contributed by atoms with Crippen LogP contribution >= 0.6 is 0 Å². The molecule has 0 aromatic carbocycles. The summed E-state index contributed by atoms with van der Waals surface area (Å²) in [6, 6.07) is 0. The van der Waals surface area contributed by atoms with Gasteiger partial charge in [0.25, 0.3) is 0 Å². The maximum atomic E-state index is 14.0. The molecule has 0 aromatic heterocycles. The summed E-state index contributed by atoms with van der Waals surface area (Å²) in [6.07, 6.45) is 10.0. The molecular formula is C29H44O7Si. The van der Waals surface area contributed by atoms with E-state index in [9.17, 15) is 9.59 Å². The standard InChI is InChI=1S/C29H44O7Si/c1-6-32-24(31)8-7-23(30)29(36-37(3,4)5)14-11-21-20-9-13-26-19-27(33-17-18-34-27)15-16-28(26,35-26)22(20)10-12-25(21,29)2/h10,20-21H,6-9,11-19H2,1-5H3/t20-,21-,25-,26?,28+,29-/m0/s1. The van der Waals surface area contributed by atoms with Crippen LogP contribution in [0.2, 0.25) is 19.6 Å². The average molecular weight is 533 g/mol. The van der Waals surface area contributed by atoms with Crippen molar-refractivity contribution in [2.75, 3.05) is 19.8 Å². The molecule has 5 fully saturated rings. The Morgan fingerprint density at radius 2 is 1.81 bits per heavy atom. The molecule has 7 nitrogen and oxygen atoms in total. The Hall–Kier alpha value is -1.06. The second-order valence-corrected chi connectivity index (χ2v) is 18.0. The lowest BCUT2D eigenvalue weighted by atomic mass is 9.52. The fourth-order valence-corrected chi connectivity index (χ4v) is 10.7. The second kappa shape index (κ2) is 8.47. The minimum atomic E-state index is -2.06. The van der Waals surface area contributed by atoms with Gasteiger partial charge in [-0.2, -0.15) is 0 Å². The summed E-state index contributed by atoms with van der Waals surface area (Å²) in [4.78, 5) is 26.2. The Bertz CT molecular complexity index is 1010. The van der Waals surface area contributed by atoms with Crippen molar-refractivity contribution in [3.05, 3.63) is 11.6 Å². The summed E-state index contributed by atoms with van der Waals surface area (Å²) in [6.45, 7) is 12.3. The molecule has 2 heterocycles. The minimum Gasteiger partial charge on any atom is -0.466 e. The van der Waals surface area contributed by atoms with Gasteiger partial charge in [0.1, 0.15) is 16.8 Å². The number of carbonyl (C=O) groups excluding carboxylic acids is 2. The molecule has 4 aliphatic carbocycles. The van der Waals surface area contributed by atoms with Crippen molar-refractivity contribution in [1.29, 1.82) is 0 Å². The zero-order valence-electron chi connectivity index (χ0n) is 23.3. The Kier molecular flexibility index (Phi) is 5.99. The molecule has 0 bridgehead atoms. The van der Waals surface area contributed by atoms with Crippen molar-refractivity contribution in [3.63, 3.8) is 0 Å². The first-order valence-corrected chi connectivity index (χ1v) is 17.9. The van der Waals surface area contributed by atoms with Crippen molar-refractivity contribution in [2.45, 2.75) is 120 Å². The lowest BCUT2D eigenvalue weighted by Gasteiger charge is -2.54. The first-order chi connectivity index (χ1) is 17.4. The normalized spacial score (nSPS) is 43.3. The number of hydrogen-bond donors (Lipinski definition) is 0. The summed E-state index contributed by atoms with van der Waals surface area (Å²) in [7, 11) is -2.06. The summed E-state index contributed by atoms with van der Waals surface area (Å²) in [5.74, 6) is 0.130. The number of Topliss-reactive ketones (excluding diaryl/α,β-unsaturated/α-hetero) is 1. The van der Waals surface area contributed by atoms with Crippen LogP contribution in [0.4, 0.5) is 0 Å². The van der Waals surface area contributed by atoms with Crippen LogP contribution in [0.25, 0.3) is 0 Å². The molecule has 6 rings (SSSR count). The zero-order chi connectivity index (χ0) is 26.3. The number of ether oxygens (including phenoxy) is 4. The predicted octanol–water partition coefficient (Wildman–Crippen LogP) is 5.08. The number of hydrogen-bond acceptors (Lipinski definition) is 7. The lowest BCUT2D eigenvalue weighted by molar-refractivity contribution is -0.185. The molecule has 3 saturated carbocycles. The van der Waals surface area contributed by atoms with E-state index in [4.69, 9.17) is 23.4 Å². The van der Waals surface area contributed by atoms with Gasteiger partial charge < -0.3 is 23.4 Å². The molecule has 0 aromatic rings. The molecular weight excluding hydrogens is 488 g/mol. The van der Waals surface area contributed by atoms with E-state index in [0.717, 1.165) is 51.4 Å². The predicted molar refractivity (Wildman–Crippen MR) is 139 cm³/mol. The topological polar surface area (TPSA) is 83.6 Å². The monoisotopic (exact) mass is 532 g/mol. The maximum absolute atomic E-state index is 14.0. The molecule has 0 amide bonds. The SMILES string of the molecule is CCOC(=O)CCC(=O)[C@@]1(O[Si](C)(C)C)CC[C@H]2[C@@H]3CCC45CC6(CC[C@@]4(O5)C3=CC[C@@]21C)OCCO6. The van der Waals surface area contributed by atoms with Crippen LogP contribution in [0.1, 0.15) is 78.1 Å². The van der Waals surface area contributed by atoms with E-state index in [2.05, 4.69) is 32.6 Å². The van der Waals surface area contributed by atoms with E-state index in [1.165, 1.54) is 5.57 Å². The molecule has 6 aliphatic rings. The molecule has 6 atom stereocenters. The highest BCUT2D eigenvalue weighted by Crippen LogP contribution is 2.74. The zero-order valence-corrected chi connectivity index (χ0v) is 24.3. The van der Waals surface area contributed by atoms with E-state index in [1.807, 2.05) is 0 Å². The minimum absolute atomic E-state index is 0.0889. The van der Waals surface area contributed by atoms with Crippen LogP contribution in [0.15, 0.2) is 11.6 Å². The van der Waals surface area contributed by atoms with Crippen LogP contribution in [0.3, 0.4) is 0 Å². The Balaban J connectivity index is 1.29. The highest BCUT2D eigenvalue weighted by Gasteiger charge is 2.80. The molecule has 1 unspecified atom stereocenters. The fourth-order valence-electron chi connectivity index (χ4n) is 9.19. The summed E-state index contributed by atoms with van der Waals surface area (Å²) in [5, 5.41) is 0. The van der Waals surface area contributed by atoms with Gasteiger partial charge >= 0.3 is 5.97 Å². The van der Waals surface area contributed by atoms with Gasteiger partial charge in [0.05, 0.1) is 26.2 Å². The number of fused-ring (bicyclic) bond motifs is 3. The van der Waals surface area contributed by atoms with Crippen LogP contribution in [-0.4, -0.2) is 62.5 Å². The Labute approximate surface area is 222 Å². The van der Waals surface area contributed by atoms with Crippen molar-refractivity contribution in [2.24, 2.45) is 17.3 Å². The molecule has 1 spiro atoms. The van der Waals surface area contributed by atoms with Gasteiger partial charge in [-0.1, -0.05) is 13.0 Å². The van der Waals surface area contributed by atoms with Crippen LogP contribution < -0.4 is 0 Å². The number of rotatable bonds is 7. The van der Waals surface area contributed by atoms with Crippen molar-refractivity contribution < 1.29 is 33.0 Å². The maximum Gasteiger partial charge on any atom is 0.306 e. The van der Waals surface area contributed by atoms with Gasteiger partial charge in [-0.05, 0) is 82.5 Å². The number of epoxide rings is 1. The third kappa shape index (κ3) is 3.72. The molecule has 206 valence electrons. The molecule has 0 N–H and O–H groups in total. The van der Waals surface area contributed by atoms with E-state index >= 15 is 0 Å². The summed E-state index contributed by atoms with van der Waals surface area (Å²) >= 11 is 0.